The molecule has 0 aromatic heterocycles. The van der Waals surface area contributed by atoms with Crippen LogP contribution in [0.1, 0.15) is 24.8 Å². The highest BCUT2D eigenvalue weighted by Crippen LogP contribution is 2.24. The molecule has 5 heteroatoms. The molecule has 1 unspecified atom stereocenters. The summed E-state index contributed by atoms with van der Waals surface area (Å²) < 4.78 is 18.4. The Labute approximate surface area is 118 Å². The molecular weight excluding hydrogens is 267 g/mol. The molecule has 0 radical (unpaired) electrons. The van der Waals surface area contributed by atoms with Gasteiger partial charge in [0.05, 0.1) is 0 Å². The number of hydrogen-bond donors (Lipinski definition) is 2. The van der Waals surface area contributed by atoms with Crippen LogP contribution in [-0.2, 0) is 11.2 Å². The number of nitrogens with one attached hydrogen (secondary N) is 1. The lowest BCUT2D eigenvalue weighted by Crippen LogP contribution is -2.39. The minimum absolute atomic E-state index is 0.158. The molecule has 0 amide bonds. The number of rotatable bonds is 5. The first-order valence-electron chi connectivity index (χ1n) is 6.67. The number of ether oxygens (including phenoxy) is 1. The van der Waals surface area contributed by atoms with Gasteiger partial charge in [-0.3, -0.25) is 11.3 Å². The molecule has 0 spiro atoms. The topological polar surface area (TPSA) is 47.3 Å². The molecule has 1 aliphatic rings. The van der Waals surface area contributed by atoms with Gasteiger partial charge in [0.15, 0.2) is 0 Å². The highest BCUT2D eigenvalue weighted by molar-refractivity contribution is 6.31. The second-order valence-corrected chi connectivity index (χ2v) is 5.50. The van der Waals surface area contributed by atoms with E-state index in [1.807, 2.05) is 0 Å². The van der Waals surface area contributed by atoms with Gasteiger partial charge in [-0.1, -0.05) is 17.7 Å². The minimum Gasteiger partial charge on any atom is -0.381 e. The van der Waals surface area contributed by atoms with Crippen LogP contribution < -0.4 is 11.3 Å². The molecule has 0 saturated carbocycles. The predicted molar refractivity (Wildman–Crippen MR) is 74.4 cm³/mol. The maximum Gasteiger partial charge on any atom is 0.124 e. The lowest BCUT2D eigenvalue weighted by molar-refractivity contribution is 0.0605. The Bertz CT molecular complexity index is 410. The van der Waals surface area contributed by atoms with E-state index in [1.165, 1.54) is 12.1 Å². The smallest absolute Gasteiger partial charge is 0.124 e. The van der Waals surface area contributed by atoms with Gasteiger partial charge in [0.1, 0.15) is 5.82 Å². The quantitative estimate of drug-likeness (QED) is 0.646. The Balaban J connectivity index is 1.94. The van der Waals surface area contributed by atoms with E-state index in [4.69, 9.17) is 22.2 Å². The molecular formula is C14H20ClFN2O. The van der Waals surface area contributed by atoms with E-state index < -0.39 is 0 Å². The summed E-state index contributed by atoms with van der Waals surface area (Å²) in [7, 11) is 0. The van der Waals surface area contributed by atoms with Gasteiger partial charge in [-0.2, -0.15) is 0 Å². The van der Waals surface area contributed by atoms with Crippen molar-refractivity contribution >= 4 is 11.6 Å². The average Bonchev–Trinajstić information content (AvgIpc) is 2.42. The van der Waals surface area contributed by atoms with E-state index >= 15 is 0 Å². The van der Waals surface area contributed by atoms with Gasteiger partial charge in [0.25, 0.3) is 0 Å². The fourth-order valence-corrected chi connectivity index (χ4v) is 2.79. The van der Waals surface area contributed by atoms with Crippen molar-refractivity contribution in [2.45, 2.75) is 31.7 Å². The van der Waals surface area contributed by atoms with Gasteiger partial charge in [0.2, 0.25) is 0 Å². The summed E-state index contributed by atoms with van der Waals surface area (Å²) in [6.45, 7) is 1.67. The van der Waals surface area contributed by atoms with Gasteiger partial charge in [-0.25, -0.2) is 4.39 Å². The summed E-state index contributed by atoms with van der Waals surface area (Å²) in [6.07, 6.45) is 3.87. The van der Waals surface area contributed by atoms with Crippen molar-refractivity contribution in [1.82, 2.24) is 5.43 Å². The maximum absolute atomic E-state index is 13.0. The molecule has 19 heavy (non-hydrogen) atoms. The number of halogens is 2. The highest BCUT2D eigenvalue weighted by atomic mass is 35.5. The van der Waals surface area contributed by atoms with Crippen LogP contribution in [0.15, 0.2) is 18.2 Å². The minimum atomic E-state index is -0.310. The van der Waals surface area contributed by atoms with Crippen LogP contribution in [0, 0.1) is 11.7 Å². The highest BCUT2D eigenvalue weighted by Gasteiger charge is 2.19. The Morgan fingerprint density at radius 3 is 2.79 bits per heavy atom. The fourth-order valence-electron chi connectivity index (χ4n) is 2.55. The van der Waals surface area contributed by atoms with E-state index in [-0.39, 0.29) is 11.9 Å². The molecule has 0 bridgehead atoms. The fraction of sp³-hybridized carbons (Fsp3) is 0.571. The largest absolute Gasteiger partial charge is 0.381 e. The van der Waals surface area contributed by atoms with E-state index in [0.717, 1.165) is 38.0 Å². The Hall–Kier alpha value is -0.680. The number of nitrogens with two attached hydrogens (primary N) is 1. The second kappa shape index (κ2) is 7.20. The zero-order chi connectivity index (χ0) is 13.7. The summed E-state index contributed by atoms with van der Waals surface area (Å²) in [4.78, 5) is 0. The zero-order valence-electron chi connectivity index (χ0n) is 10.9. The van der Waals surface area contributed by atoms with Crippen LogP contribution in [0.4, 0.5) is 4.39 Å². The Morgan fingerprint density at radius 2 is 2.16 bits per heavy atom. The number of hydrazine groups is 1. The first-order valence-corrected chi connectivity index (χ1v) is 7.04. The Kier molecular flexibility index (Phi) is 5.58. The zero-order valence-corrected chi connectivity index (χ0v) is 11.6. The SMILES string of the molecule is NNC(Cc1ccc(F)cc1Cl)CC1CCOCC1. The van der Waals surface area contributed by atoms with Gasteiger partial charge in [0, 0.05) is 24.3 Å². The van der Waals surface area contributed by atoms with Crippen LogP contribution in [0.3, 0.4) is 0 Å². The van der Waals surface area contributed by atoms with E-state index in [9.17, 15) is 4.39 Å². The van der Waals surface area contributed by atoms with Gasteiger partial charge in [-0.05, 0) is 49.3 Å². The van der Waals surface area contributed by atoms with Crippen molar-refractivity contribution in [1.29, 1.82) is 0 Å². The monoisotopic (exact) mass is 286 g/mol. The van der Waals surface area contributed by atoms with Crippen LogP contribution in [-0.4, -0.2) is 19.3 Å². The maximum atomic E-state index is 13.0. The normalized spacial score (nSPS) is 18.5. The first kappa shape index (κ1) is 14.7. The third-order valence-corrected chi connectivity index (χ3v) is 4.03. The van der Waals surface area contributed by atoms with Crippen molar-refractivity contribution in [2.24, 2.45) is 11.8 Å². The van der Waals surface area contributed by atoms with Gasteiger partial charge < -0.3 is 4.74 Å². The van der Waals surface area contributed by atoms with Crippen LogP contribution in [0.2, 0.25) is 5.02 Å². The van der Waals surface area contributed by atoms with E-state index in [2.05, 4.69) is 5.43 Å². The third-order valence-electron chi connectivity index (χ3n) is 3.68. The predicted octanol–water partition coefficient (Wildman–Crippen LogP) is 2.67. The van der Waals surface area contributed by atoms with Crippen molar-refractivity contribution < 1.29 is 9.13 Å². The number of benzene rings is 1. The lowest BCUT2D eigenvalue weighted by Gasteiger charge is -2.26. The van der Waals surface area contributed by atoms with E-state index in [0.29, 0.717) is 17.4 Å². The second-order valence-electron chi connectivity index (χ2n) is 5.09. The van der Waals surface area contributed by atoms with Crippen molar-refractivity contribution in [2.75, 3.05) is 13.2 Å². The molecule has 0 aliphatic carbocycles. The summed E-state index contributed by atoms with van der Waals surface area (Å²) in [5.41, 5.74) is 3.78. The van der Waals surface area contributed by atoms with Crippen LogP contribution in [0.25, 0.3) is 0 Å². The molecule has 3 nitrogen and oxygen atoms in total. The molecule has 1 aliphatic heterocycles. The van der Waals surface area contributed by atoms with Crippen molar-refractivity contribution in [3.8, 4) is 0 Å². The Morgan fingerprint density at radius 1 is 1.42 bits per heavy atom. The van der Waals surface area contributed by atoms with Gasteiger partial charge in [-0.15, -0.1) is 0 Å². The molecule has 1 heterocycles. The summed E-state index contributed by atoms with van der Waals surface area (Å²) in [5, 5.41) is 0.465. The third kappa shape index (κ3) is 4.42. The van der Waals surface area contributed by atoms with Gasteiger partial charge >= 0.3 is 0 Å². The summed E-state index contributed by atoms with van der Waals surface area (Å²) in [5.74, 6) is 5.94. The lowest BCUT2D eigenvalue weighted by atomic mass is 9.90. The molecule has 1 atom stereocenters. The van der Waals surface area contributed by atoms with Crippen molar-refractivity contribution in [3.63, 3.8) is 0 Å². The molecule has 3 N–H and O–H groups in total. The molecule has 1 aromatic carbocycles. The molecule has 106 valence electrons. The van der Waals surface area contributed by atoms with Crippen LogP contribution >= 0.6 is 11.6 Å². The van der Waals surface area contributed by atoms with E-state index in [1.54, 1.807) is 6.07 Å². The van der Waals surface area contributed by atoms with Crippen molar-refractivity contribution in [3.05, 3.63) is 34.6 Å². The standard InChI is InChI=1S/C14H20ClFN2O/c15-14-9-12(16)2-1-11(14)8-13(18-17)7-10-3-5-19-6-4-10/h1-2,9-10,13,18H,3-8,17H2. The molecule has 1 fully saturated rings. The summed E-state index contributed by atoms with van der Waals surface area (Å²) in [6, 6.07) is 4.67. The average molecular weight is 287 g/mol. The van der Waals surface area contributed by atoms with Crippen LogP contribution in [0.5, 0.6) is 0 Å². The molecule has 1 aromatic rings. The first-order chi connectivity index (χ1) is 9.19. The molecule has 2 rings (SSSR count). The molecule has 1 saturated heterocycles. The summed E-state index contributed by atoms with van der Waals surface area (Å²) >= 11 is 6.04. The number of hydrogen-bond acceptors (Lipinski definition) is 3.